The molecule has 0 aliphatic heterocycles. The summed E-state index contributed by atoms with van der Waals surface area (Å²) in [6.45, 7) is 2.09. The van der Waals surface area contributed by atoms with E-state index in [9.17, 15) is 4.57 Å². The lowest BCUT2D eigenvalue weighted by Crippen LogP contribution is -2.41. The van der Waals surface area contributed by atoms with Crippen LogP contribution in [0.25, 0.3) is 0 Å². The lowest BCUT2D eigenvalue weighted by molar-refractivity contribution is 0.136. The molecule has 6 heteroatoms. The largest absolute Gasteiger partial charge is 0.329 e. The van der Waals surface area contributed by atoms with Gasteiger partial charge in [-0.15, -0.1) is 0 Å². The average molecular weight is 352 g/mol. The summed E-state index contributed by atoms with van der Waals surface area (Å²) < 4.78 is 11.1. The molecule has 0 bridgehead atoms. The van der Waals surface area contributed by atoms with E-state index >= 15 is 0 Å². The van der Waals surface area contributed by atoms with Crippen LogP contribution in [0.4, 0.5) is 0 Å². The highest BCUT2D eigenvalue weighted by Gasteiger charge is 2.30. The van der Waals surface area contributed by atoms with Crippen molar-refractivity contribution in [3.05, 3.63) is 35.4 Å². The van der Waals surface area contributed by atoms with Crippen LogP contribution in [0.5, 0.6) is 0 Å². The number of nitrogens with two attached hydrogens (primary N) is 1. The molecule has 24 heavy (non-hydrogen) atoms. The van der Waals surface area contributed by atoms with Gasteiger partial charge in [-0.3, -0.25) is 9.46 Å². The molecule has 4 N–H and O–H groups in total. The summed E-state index contributed by atoms with van der Waals surface area (Å²) in [5.41, 5.74) is 7.97. The molecule has 1 aromatic carbocycles. The molecule has 0 amide bonds. The van der Waals surface area contributed by atoms with Crippen molar-refractivity contribution in [2.24, 2.45) is 11.7 Å². The average Bonchev–Trinajstić information content (AvgIpc) is 3.32. The maximum atomic E-state index is 11.1. The minimum Gasteiger partial charge on any atom is -0.328 e. The Bertz CT molecular complexity index is 574. The first-order valence-electron chi connectivity index (χ1n) is 9.01. The van der Waals surface area contributed by atoms with Gasteiger partial charge in [0, 0.05) is 25.2 Å². The molecule has 0 heterocycles. The molecule has 3 rings (SSSR count). The van der Waals surface area contributed by atoms with Gasteiger partial charge in [-0.25, -0.2) is 0 Å². The molecule has 2 aliphatic carbocycles. The van der Waals surface area contributed by atoms with Crippen LogP contribution in [0.1, 0.15) is 49.7 Å². The molecular weight excluding hydrogens is 323 g/mol. The summed E-state index contributed by atoms with van der Waals surface area (Å²) in [7, 11) is -3.99. The molecule has 0 radical (unpaired) electrons. The summed E-state index contributed by atoms with van der Waals surface area (Å²) >= 11 is 0. The normalized spacial score (nSPS) is 25.2. The highest BCUT2D eigenvalue weighted by Crippen LogP contribution is 2.39. The lowest BCUT2D eigenvalue weighted by Gasteiger charge is -2.36. The van der Waals surface area contributed by atoms with Crippen LogP contribution in [-0.4, -0.2) is 33.3 Å². The van der Waals surface area contributed by atoms with Gasteiger partial charge in [0.15, 0.2) is 0 Å². The van der Waals surface area contributed by atoms with Crippen LogP contribution < -0.4 is 5.73 Å². The molecule has 0 atom stereocenters. The monoisotopic (exact) mass is 352 g/mol. The van der Waals surface area contributed by atoms with Crippen molar-refractivity contribution in [1.29, 1.82) is 0 Å². The Balaban J connectivity index is 1.62. The van der Waals surface area contributed by atoms with Crippen LogP contribution in [0.15, 0.2) is 24.3 Å². The number of nitrogens with zero attached hydrogens (tertiary/aromatic N) is 1. The molecular formula is C18H29N2O3P. The Hall–Kier alpha value is -0.710. The summed E-state index contributed by atoms with van der Waals surface area (Å²) in [6, 6.07) is 8.72. The second-order valence-electron chi connectivity index (χ2n) is 7.58. The molecule has 0 unspecified atom stereocenters. The van der Waals surface area contributed by atoms with Crippen molar-refractivity contribution < 1.29 is 14.4 Å². The van der Waals surface area contributed by atoms with E-state index in [4.69, 9.17) is 15.5 Å². The Kier molecular flexibility index (Phi) is 5.78. The van der Waals surface area contributed by atoms with Crippen LogP contribution in [0, 0.1) is 5.92 Å². The van der Waals surface area contributed by atoms with E-state index in [1.807, 2.05) is 24.3 Å². The first kappa shape index (κ1) is 18.1. The lowest BCUT2D eigenvalue weighted by atomic mass is 9.90. The van der Waals surface area contributed by atoms with Gasteiger partial charge < -0.3 is 15.5 Å². The second-order valence-corrected chi connectivity index (χ2v) is 9.23. The van der Waals surface area contributed by atoms with Gasteiger partial charge >= 0.3 is 7.60 Å². The molecule has 2 aliphatic rings. The van der Waals surface area contributed by atoms with E-state index in [1.54, 1.807) is 0 Å². The smallest absolute Gasteiger partial charge is 0.328 e. The quantitative estimate of drug-likeness (QED) is 0.657. The Morgan fingerprint density at radius 3 is 2.12 bits per heavy atom. The third-order valence-corrected chi connectivity index (χ3v) is 6.02. The fraction of sp³-hybridized carbons (Fsp3) is 0.667. The van der Waals surface area contributed by atoms with Gasteiger partial charge in [0.1, 0.15) is 0 Å². The maximum absolute atomic E-state index is 11.1. The fourth-order valence-corrected chi connectivity index (χ4v) is 4.35. The Labute approximate surface area is 144 Å². The van der Waals surface area contributed by atoms with E-state index < -0.39 is 7.60 Å². The Morgan fingerprint density at radius 1 is 1.00 bits per heavy atom. The van der Waals surface area contributed by atoms with Gasteiger partial charge in [0.2, 0.25) is 0 Å². The molecule has 1 aromatic rings. The standard InChI is InChI=1S/C18H29N2O3P/c19-17-7-9-18(10-8-17)20(11-14-1-2-14)12-15-3-5-16(6-4-15)13-24(21,22)23/h3-6,14,17-18H,1-2,7-13,19H2,(H2,21,22,23). The highest BCUT2D eigenvalue weighted by atomic mass is 31.2. The summed E-state index contributed by atoms with van der Waals surface area (Å²) in [6.07, 6.45) is 7.13. The van der Waals surface area contributed by atoms with Gasteiger partial charge in [-0.1, -0.05) is 24.3 Å². The number of benzene rings is 1. The van der Waals surface area contributed by atoms with Crippen LogP contribution in [-0.2, 0) is 17.3 Å². The zero-order valence-electron chi connectivity index (χ0n) is 14.2. The van der Waals surface area contributed by atoms with Crippen molar-refractivity contribution >= 4 is 7.60 Å². The molecule has 2 fully saturated rings. The minimum atomic E-state index is -3.99. The van der Waals surface area contributed by atoms with Crippen LogP contribution in [0.2, 0.25) is 0 Å². The van der Waals surface area contributed by atoms with Gasteiger partial charge in [0.25, 0.3) is 0 Å². The Morgan fingerprint density at radius 2 is 1.58 bits per heavy atom. The number of rotatable bonds is 7. The SMILES string of the molecule is NC1CCC(N(Cc2ccc(CP(=O)(O)O)cc2)CC2CC2)CC1. The van der Waals surface area contributed by atoms with E-state index in [1.165, 1.54) is 37.8 Å². The minimum absolute atomic E-state index is 0.181. The molecule has 134 valence electrons. The van der Waals surface area contributed by atoms with Crippen LogP contribution in [0.3, 0.4) is 0 Å². The fourth-order valence-electron chi connectivity index (χ4n) is 3.66. The van der Waals surface area contributed by atoms with E-state index in [0.717, 1.165) is 25.3 Å². The summed E-state index contributed by atoms with van der Waals surface area (Å²) in [4.78, 5) is 20.8. The predicted octanol–water partition coefficient (Wildman–Crippen LogP) is 2.85. The number of hydrogen-bond donors (Lipinski definition) is 3. The first-order valence-corrected chi connectivity index (χ1v) is 10.8. The zero-order valence-corrected chi connectivity index (χ0v) is 15.1. The zero-order chi connectivity index (χ0) is 17.2. The predicted molar refractivity (Wildman–Crippen MR) is 95.6 cm³/mol. The van der Waals surface area contributed by atoms with Crippen LogP contribution >= 0.6 is 7.60 Å². The number of hydrogen-bond acceptors (Lipinski definition) is 3. The van der Waals surface area contributed by atoms with E-state index in [2.05, 4.69) is 4.90 Å². The first-order chi connectivity index (χ1) is 11.4. The molecule has 0 aromatic heterocycles. The van der Waals surface area contributed by atoms with Crippen molar-refractivity contribution in [2.45, 2.75) is 63.3 Å². The third-order valence-electron chi connectivity index (χ3n) is 5.24. The topological polar surface area (TPSA) is 86.8 Å². The van der Waals surface area contributed by atoms with E-state index in [-0.39, 0.29) is 6.16 Å². The third kappa shape index (κ3) is 5.68. The van der Waals surface area contributed by atoms with Gasteiger partial charge in [0.05, 0.1) is 6.16 Å². The molecule has 5 nitrogen and oxygen atoms in total. The summed E-state index contributed by atoms with van der Waals surface area (Å²) in [5, 5.41) is 0. The second kappa shape index (κ2) is 7.67. The maximum Gasteiger partial charge on any atom is 0.329 e. The highest BCUT2D eigenvalue weighted by molar-refractivity contribution is 7.50. The van der Waals surface area contributed by atoms with Gasteiger partial charge in [-0.05, 0) is 55.6 Å². The molecule has 2 saturated carbocycles. The van der Waals surface area contributed by atoms with Crippen molar-refractivity contribution in [1.82, 2.24) is 4.90 Å². The van der Waals surface area contributed by atoms with E-state index in [0.29, 0.717) is 17.6 Å². The van der Waals surface area contributed by atoms with Crippen molar-refractivity contribution in [3.63, 3.8) is 0 Å². The molecule has 0 spiro atoms. The molecule has 0 saturated heterocycles. The van der Waals surface area contributed by atoms with Crippen molar-refractivity contribution in [3.8, 4) is 0 Å². The van der Waals surface area contributed by atoms with Crippen molar-refractivity contribution in [2.75, 3.05) is 6.54 Å². The van der Waals surface area contributed by atoms with Gasteiger partial charge in [-0.2, -0.15) is 0 Å². The summed E-state index contributed by atoms with van der Waals surface area (Å²) in [5.74, 6) is 0.856.